The van der Waals surface area contributed by atoms with E-state index in [-0.39, 0.29) is 12.5 Å². The summed E-state index contributed by atoms with van der Waals surface area (Å²) in [6, 6.07) is 1.89. The van der Waals surface area contributed by atoms with E-state index in [1.165, 1.54) is 0 Å². The third kappa shape index (κ3) is 3.54. The number of hydrogen-bond acceptors (Lipinski definition) is 4. The quantitative estimate of drug-likeness (QED) is 0.853. The van der Waals surface area contributed by atoms with Gasteiger partial charge in [-0.05, 0) is 35.2 Å². The molecule has 0 saturated carbocycles. The zero-order chi connectivity index (χ0) is 13.7. The summed E-state index contributed by atoms with van der Waals surface area (Å²) in [5, 5.41) is 15.9. The van der Waals surface area contributed by atoms with Crippen LogP contribution >= 0.6 is 11.3 Å². The molecule has 1 aliphatic rings. The van der Waals surface area contributed by atoms with E-state index in [1.807, 2.05) is 16.8 Å². The van der Waals surface area contributed by atoms with Crippen molar-refractivity contribution >= 4 is 23.2 Å². The second-order valence-corrected chi connectivity index (χ2v) is 5.56. The highest BCUT2D eigenvalue weighted by molar-refractivity contribution is 7.07. The predicted molar refractivity (Wildman–Crippen MR) is 71.2 cm³/mol. The molecule has 1 aromatic rings. The van der Waals surface area contributed by atoms with Crippen molar-refractivity contribution in [2.24, 2.45) is 5.41 Å². The molecule has 0 spiro atoms. The molecule has 104 valence electrons. The Morgan fingerprint density at radius 2 is 2.16 bits per heavy atom. The van der Waals surface area contributed by atoms with Gasteiger partial charge < -0.3 is 15.2 Å². The van der Waals surface area contributed by atoms with Gasteiger partial charge in [0.1, 0.15) is 0 Å². The monoisotopic (exact) mass is 283 g/mol. The van der Waals surface area contributed by atoms with E-state index in [9.17, 15) is 14.7 Å². The van der Waals surface area contributed by atoms with Gasteiger partial charge in [0, 0.05) is 19.8 Å². The van der Waals surface area contributed by atoms with E-state index in [0.29, 0.717) is 32.5 Å². The highest BCUT2D eigenvalue weighted by Gasteiger charge is 2.40. The van der Waals surface area contributed by atoms with E-state index in [0.717, 1.165) is 5.56 Å². The van der Waals surface area contributed by atoms with E-state index in [4.69, 9.17) is 4.74 Å². The maximum absolute atomic E-state index is 11.8. The van der Waals surface area contributed by atoms with Crippen LogP contribution in [-0.2, 0) is 20.7 Å². The van der Waals surface area contributed by atoms with E-state index in [1.54, 1.807) is 11.3 Å². The molecule has 0 atom stereocenters. The van der Waals surface area contributed by atoms with Crippen LogP contribution in [0, 0.1) is 5.41 Å². The number of carboxylic acids is 1. The van der Waals surface area contributed by atoms with Gasteiger partial charge >= 0.3 is 5.97 Å². The minimum absolute atomic E-state index is 0.134. The normalized spacial score (nSPS) is 17.9. The lowest BCUT2D eigenvalue weighted by Gasteiger charge is -2.33. The van der Waals surface area contributed by atoms with Crippen molar-refractivity contribution in [1.82, 2.24) is 5.32 Å². The third-order valence-electron chi connectivity index (χ3n) is 3.47. The van der Waals surface area contributed by atoms with Crippen molar-refractivity contribution in [3.8, 4) is 0 Å². The Labute approximate surface area is 115 Å². The number of thiophene rings is 1. The van der Waals surface area contributed by atoms with Crippen molar-refractivity contribution in [1.29, 1.82) is 0 Å². The molecule has 1 aliphatic heterocycles. The summed E-state index contributed by atoms with van der Waals surface area (Å²) < 4.78 is 5.19. The minimum Gasteiger partial charge on any atom is -0.481 e. The zero-order valence-electron chi connectivity index (χ0n) is 10.6. The first-order valence-corrected chi connectivity index (χ1v) is 7.16. The number of nitrogens with one attached hydrogen (secondary N) is 1. The third-order valence-corrected chi connectivity index (χ3v) is 4.20. The van der Waals surface area contributed by atoms with Crippen molar-refractivity contribution in [3.05, 3.63) is 22.4 Å². The molecule has 0 unspecified atom stereocenters. The van der Waals surface area contributed by atoms with Crippen LogP contribution in [0.3, 0.4) is 0 Å². The SMILES string of the molecule is O=C(Cc1ccsc1)NCC1(C(=O)O)CCOCC1. The predicted octanol–water partition coefficient (Wildman–Crippen LogP) is 1.29. The molecule has 0 bridgehead atoms. The molecule has 0 aliphatic carbocycles. The Morgan fingerprint density at radius 1 is 1.42 bits per heavy atom. The Balaban J connectivity index is 1.88. The van der Waals surface area contributed by atoms with Crippen LogP contribution in [0.25, 0.3) is 0 Å². The van der Waals surface area contributed by atoms with Crippen LogP contribution in [0.1, 0.15) is 18.4 Å². The first-order chi connectivity index (χ1) is 9.12. The average Bonchev–Trinajstić information content (AvgIpc) is 2.90. The maximum atomic E-state index is 11.8. The number of amides is 1. The number of ether oxygens (including phenoxy) is 1. The molecule has 6 heteroatoms. The fraction of sp³-hybridized carbons (Fsp3) is 0.538. The lowest BCUT2D eigenvalue weighted by molar-refractivity contribution is -0.154. The van der Waals surface area contributed by atoms with Gasteiger partial charge in [-0.25, -0.2) is 0 Å². The van der Waals surface area contributed by atoms with E-state index >= 15 is 0 Å². The molecule has 1 fully saturated rings. The second-order valence-electron chi connectivity index (χ2n) is 4.78. The number of aliphatic carboxylic acids is 1. The van der Waals surface area contributed by atoms with Crippen LogP contribution in [-0.4, -0.2) is 36.7 Å². The van der Waals surface area contributed by atoms with Gasteiger partial charge in [-0.15, -0.1) is 0 Å². The van der Waals surface area contributed by atoms with Gasteiger partial charge in [-0.3, -0.25) is 9.59 Å². The summed E-state index contributed by atoms with van der Waals surface area (Å²) in [5.41, 5.74) is 0.0848. The average molecular weight is 283 g/mol. The molecule has 1 amide bonds. The summed E-state index contributed by atoms with van der Waals surface area (Å²) in [6.45, 7) is 1.05. The Morgan fingerprint density at radius 3 is 2.74 bits per heavy atom. The molecular weight excluding hydrogens is 266 g/mol. The van der Waals surface area contributed by atoms with Crippen LogP contribution in [0.15, 0.2) is 16.8 Å². The Kier molecular flexibility index (Phi) is 4.55. The van der Waals surface area contributed by atoms with Crippen LogP contribution in [0.5, 0.6) is 0 Å². The van der Waals surface area contributed by atoms with Crippen molar-refractivity contribution in [2.45, 2.75) is 19.3 Å². The topological polar surface area (TPSA) is 75.6 Å². The largest absolute Gasteiger partial charge is 0.481 e. The molecule has 19 heavy (non-hydrogen) atoms. The summed E-state index contributed by atoms with van der Waals surface area (Å²) in [7, 11) is 0. The summed E-state index contributed by atoms with van der Waals surface area (Å²) in [4.78, 5) is 23.2. The van der Waals surface area contributed by atoms with Crippen molar-refractivity contribution in [2.75, 3.05) is 19.8 Å². The number of carbonyl (C=O) groups excluding carboxylic acids is 1. The molecule has 1 saturated heterocycles. The molecule has 2 heterocycles. The van der Waals surface area contributed by atoms with Crippen molar-refractivity contribution < 1.29 is 19.4 Å². The number of carbonyl (C=O) groups is 2. The lowest BCUT2D eigenvalue weighted by Crippen LogP contribution is -2.46. The number of carboxylic acid groups (broad SMARTS) is 1. The van der Waals surface area contributed by atoms with Gasteiger partial charge in [-0.1, -0.05) is 0 Å². The first kappa shape index (κ1) is 14.0. The fourth-order valence-electron chi connectivity index (χ4n) is 2.14. The summed E-state index contributed by atoms with van der Waals surface area (Å²) in [6.07, 6.45) is 1.19. The molecule has 2 rings (SSSR count). The van der Waals surface area contributed by atoms with Gasteiger partial charge in [0.2, 0.25) is 5.91 Å². The molecule has 5 nitrogen and oxygen atoms in total. The second kappa shape index (κ2) is 6.16. The van der Waals surface area contributed by atoms with E-state index < -0.39 is 11.4 Å². The number of rotatable bonds is 5. The molecule has 2 N–H and O–H groups in total. The van der Waals surface area contributed by atoms with Crippen LogP contribution in [0.4, 0.5) is 0 Å². The maximum Gasteiger partial charge on any atom is 0.311 e. The fourth-order valence-corrected chi connectivity index (χ4v) is 2.81. The number of hydrogen-bond donors (Lipinski definition) is 2. The molecule has 1 aromatic heterocycles. The summed E-state index contributed by atoms with van der Waals surface area (Å²) >= 11 is 1.54. The standard InChI is InChI=1S/C13H17NO4S/c15-11(7-10-1-6-19-8-10)14-9-13(12(16)17)2-4-18-5-3-13/h1,6,8H,2-5,7,9H2,(H,14,15)(H,16,17). The Bertz CT molecular complexity index is 438. The van der Waals surface area contributed by atoms with Gasteiger partial charge in [0.15, 0.2) is 0 Å². The molecule has 0 radical (unpaired) electrons. The zero-order valence-corrected chi connectivity index (χ0v) is 11.4. The Hall–Kier alpha value is -1.40. The lowest BCUT2D eigenvalue weighted by atomic mass is 9.80. The van der Waals surface area contributed by atoms with Crippen molar-refractivity contribution in [3.63, 3.8) is 0 Å². The summed E-state index contributed by atoms with van der Waals surface area (Å²) in [5.74, 6) is -0.989. The molecule has 0 aromatic carbocycles. The molecular formula is C13H17NO4S. The minimum atomic E-state index is -0.872. The van der Waals surface area contributed by atoms with Crippen LogP contribution in [0.2, 0.25) is 0 Å². The van der Waals surface area contributed by atoms with Gasteiger partial charge in [0.25, 0.3) is 0 Å². The van der Waals surface area contributed by atoms with Crippen LogP contribution < -0.4 is 5.32 Å². The highest BCUT2D eigenvalue weighted by Crippen LogP contribution is 2.30. The smallest absolute Gasteiger partial charge is 0.311 e. The first-order valence-electron chi connectivity index (χ1n) is 6.21. The van der Waals surface area contributed by atoms with E-state index in [2.05, 4.69) is 5.32 Å². The highest BCUT2D eigenvalue weighted by atomic mass is 32.1. The van der Waals surface area contributed by atoms with Gasteiger partial charge in [0.05, 0.1) is 11.8 Å². The van der Waals surface area contributed by atoms with Gasteiger partial charge in [-0.2, -0.15) is 11.3 Å².